The van der Waals surface area contributed by atoms with Gasteiger partial charge in [0.25, 0.3) is 5.91 Å². The number of hydrogen-bond donors (Lipinski definition) is 3. The highest BCUT2D eigenvalue weighted by Crippen LogP contribution is 2.11. The molecule has 166 valence electrons. The molecule has 8 nitrogen and oxygen atoms in total. The molecule has 3 N–H and O–H groups in total. The summed E-state index contributed by atoms with van der Waals surface area (Å²) in [6.07, 6.45) is -0.401. The van der Waals surface area contributed by atoms with Gasteiger partial charge in [0.1, 0.15) is 11.4 Å². The number of carbonyl (C=O) groups is 3. The lowest BCUT2D eigenvalue weighted by atomic mass is 10.2. The van der Waals surface area contributed by atoms with Crippen LogP contribution in [0.1, 0.15) is 32.8 Å². The Morgan fingerprint density at radius 3 is 2.19 bits per heavy atom. The third-order valence-corrected chi connectivity index (χ3v) is 3.86. The molecule has 31 heavy (non-hydrogen) atoms. The monoisotopic (exact) mass is 427 g/mol. The average molecular weight is 428 g/mol. The summed E-state index contributed by atoms with van der Waals surface area (Å²) < 4.78 is 10.5. The Kier molecular flexibility index (Phi) is 8.87. The third kappa shape index (κ3) is 10.2. The summed E-state index contributed by atoms with van der Waals surface area (Å²) in [5, 5.41) is 8.08. The van der Waals surface area contributed by atoms with Gasteiger partial charge in [-0.1, -0.05) is 30.3 Å². The van der Waals surface area contributed by atoms with Crippen LogP contribution >= 0.6 is 0 Å². The van der Waals surface area contributed by atoms with Crippen LogP contribution in [0.15, 0.2) is 54.6 Å². The predicted molar refractivity (Wildman–Crippen MR) is 118 cm³/mol. The molecule has 0 fully saturated rings. The molecule has 0 aliphatic rings. The summed E-state index contributed by atoms with van der Waals surface area (Å²) in [5.41, 5.74) is 0.942. The number of benzene rings is 2. The van der Waals surface area contributed by atoms with Gasteiger partial charge in [0.05, 0.1) is 0 Å². The van der Waals surface area contributed by atoms with Crippen LogP contribution in [-0.2, 0) is 20.9 Å². The van der Waals surface area contributed by atoms with Crippen LogP contribution in [0.2, 0.25) is 0 Å². The van der Waals surface area contributed by atoms with Gasteiger partial charge in [-0.2, -0.15) is 0 Å². The van der Waals surface area contributed by atoms with E-state index in [-0.39, 0.29) is 31.4 Å². The molecule has 0 spiro atoms. The van der Waals surface area contributed by atoms with Crippen molar-refractivity contribution in [1.29, 1.82) is 0 Å². The van der Waals surface area contributed by atoms with Gasteiger partial charge in [-0.25, -0.2) is 4.79 Å². The maximum Gasteiger partial charge on any atom is 0.407 e. The lowest BCUT2D eigenvalue weighted by Gasteiger charge is -2.19. The molecular weight excluding hydrogens is 398 g/mol. The van der Waals surface area contributed by atoms with Crippen LogP contribution in [0.3, 0.4) is 0 Å². The van der Waals surface area contributed by atoms with E-state index in [4.69, 9.17) is 9.47 Å². The third-order valence-electron chi connectivity index (χ3n) is 3.86. The molecule has 0 aromatic heterocycles. The highest BCUT2D eigenvalue weighted by atomic mass is 16.6. The SMILES string of the molecule is CC(C)(C)OC(=O)NCCC(=O)NCc1ccc(NC(=O)COc2ccccc2)cc1. The van der Waals surface area contributed by atoms with Crippen LogP contribution in [-0.4, -0.2) is 36.7 Å². The second-order valence-corrected chi connectivity index (χ2v) is 7.80. The summed E-state index contributed by atoms with van der Waals surface area (Å²) in [7, 11) is 0. The van der Waals surface area contributed by atoms with Crippen LogP contribution in [0.5, 0.6) is 5.75 Å². The van der Waals surface area contributed by atoms with Crippen molar-refractivity contribution in [2.75, 3.05) is 18.5 Å². The first-order valence-electron chi connectivity index (χ1n) is 10.0. The summed E-state index contributed by atoms with van der Waals surface area (Å²) in [6.45, 7) is 5.77. The van der Waals surface area contributed by atoms with Crippen molar-refractivity contribution < 1.29 is 23.9 Å². The van der Waals surface area contributed by atoms with Crippen molar-refractivity contribution in [2.24, 2.45) is 0 Å². The van der Waals surface area contributed by atoms with E-state index in [0.29, 0.717) is 18.0 Å². The molecule has 2 rings (SSSR count). The summed E-state index contributed by atoms with van der Waals surface area (Å²) in [4.78, 5) is 35.4. The normalized spacial score (nSPS) is 10.7. The van der Waals surface area contributed by atoms with E-state index < -0.39 is 11.7 Å². The molecule has 0 bridgehead atoms. The van der Waals surface area contributed by atoms with Crippen molar-refractivity contribution in [3.05, 3.63) is 60.2 Å². The Balaban J connectivity index is 1.65. The Morgan fingerprint density at radius 2 is 1.55 bits per heavy atom. The maximum atomic E-state index is 12.0. The van der Waals surface area contributed by atoms with Crippen molar-refractivity contribution in [1.82, 2.24) is 10.6 Å². The van der Waals surface area contributed by atoms with Gasteiger partial charge >= 0.3 is 6.09 Å². The van der Waals surface area contributed by atoms with Crippen LogP contribution < -0.4 is 20.7 Å². The fourth-order valence-electron chi connectivity index (χ4n) is 2.45. The smallest absolute Gasteiger partial charge is 0.407 e. The van der Waals surface area contributed by atoms with Crippen LogP contribution in [0, 0.1) is 0 Å². The van der Waals surface area contributed by atoms with E-state index in [0.717, 1.165) is 5.56 Å². The minimum atomic E-state index is -0.576. The van der Waals surface area contributed by atoms with Crippen molar-refractivity contribution >= 4 is 23.6 Å². The Morgan fingerprint density at radius 1 is 0.871 bits per heavy atom. The Labute approximate surface area is 182 Å². The molecule has 0 unspecified atom stereocenters. The molecule has 0 aliphatic carbocycles. The van der Waals surface area contributed by atoms with E-state index >= 15 is 0 Å². The predicted octanol–water partition coefficient (Wildman–Crippen LogP) is 3.24. The molecular formula is C23H29N3O5. The quantitative estimate of drug-likeness (QED) is 0.570. The Bertz CT molecular complexity index is 861. The molecule has 0 saturated heterocycles. The minimum absolute atomic E-state index is 0.0842. The molecule has 0 heterocycles. The van der Waals surface area contributed by atoms with Gasteiger partial charge in [-0.15, -0.1) is 0 Å². The van der Waals surface area contributed by atoms with Crippen molar-refractivity contribution in [3.8, 4) is 5.75 Å². The van der Waals surface area contributed by atoms with Gasteiger partial charge in [-0.3, -0.25) is 9.59 Å². The van der Waals surface area contributed by atoms with E-state index in [1.807, 2.05) is 30.3 Å². The van der Waals surface area contributed by atoms with E-state index in [9.17, 15) is 14.4 Å². The fraction of sp³-hybridized carbons (Fsp3) is 0.348. The first-order valence-corrected chi connectivity index (χ1v) is 10.0. The summed E-state index contributed by atoms with van der Waals surface area (Å²) in [6, 6.07) is 16.2. The maximum absolute atomic E-state index is 12.0. The number of hydrogen-bond acceptors (Lipinski definition) is 5. The lowest BCUT2D eigenvalue weighted by molar-refractivity contribution is -0.121. The largest absolute Gasteiger partial charge is 0.484 e. The first kappa shape index (κ1) is 23.7. The number of carbonyl (C=O) groups excluding carboxylic acids is 3. The highest BCUT2D eigenvalue weighted by molar-refractivity contribution is 5.91. The van der Waals surface area contributed by atoms with Gasteiger partial charge in [0.2, 0.25) is 5.91 Å². The minimum Gasteiger partial charge on any atom is -0.484 e. The second-order valence-electron chi connectivity index (χ2n) is 7.80. The molecule has 2 aromatic rings. The molecule has 0 saturated carbocycles. The topological polar surface area (TPSA) is 106 Å². The van der Waals surface area contributed by atoms with Crippen LogP contribution in [0.25, 0.3) is 0 Å². The molecule has 0 aliphatic heterocycles. The number of rotatable bonds is 9. The van der Waals surface area contributed by atoms with Gasteiger partial charge in [0.15, 0.2) is 6.61 Å². The Hall–Kier alpha value is -3.55. The zero-order valence-electron chi connectivity index (χ0n) is 18.1. The number of para-hydroxylation sites is 1. The number of ether oxygens (including phenoxy) is 2. The summed E-state index contributed by atoms with van der Waals surface area (Å²) >= 11 is 0. The first-order chi connectivity index (χ1) is 14.7. The molecule has 8 heteroatoms. The van der Waals surface area contributed by atoms with E-state index in [1.165, 1.54) is 0 Å². The summed E-state index contributed by atoms with van der Waals surface area (Å²) in [5.74, 6) is 0.180. The van der Waals surface area contributed by atoms with E-state index in [1.54, 1.807) is 45.0 Å². The average Bonchev–Trinajstić information content (AvgIpc) is 2.71. The highest BCUT2D eigenvalue weighted by Gasteiger charge is 2.15. The number of nitrogens with one attached hydrogen (secondary N) is 3. The second kappa shape index (κ2) is 11.6. The molecule has 0 atom stereocenters. The van der Waals surface area contributed by atoms with Crippen molar-refractivity contribution in [2.45, 2.75) is 39.3 Å². The van der Waals surface area contributed by atoms with Gasteiger partial charge in [0, 0.05) is 25.2 Å². The lowest BCUT2D eigenvalue weighted by Crippen LogP contribution is -2.35. The number of anilines is 1. The molecule has 2 aromatic carbocycles. The fourth-order valence-corrected chi connectivity index (χ4v) is 2.45. The zero-order valence-corrected chi connectivity index (χ0v) is 18.1. The van der Waals surface area contributed by atoms with Gasteiger partial charge in [-0.05, 0) is 50.6 Å². The van der Waals surface area contributed by atoms with Gasteiger partial charge < -0.3 is 25.4 Å². The molecule has 0 radical (unpaired) electrons. The molecule has 3 amide bonds. The number of alkyl carbamates (subject to hydrolysis) is 1. The standard InChI is InChI=1S/C23H29N3O5/c1-23(2,3)31-22(29)24-14-13-20(27)25-15-17-9-11-18(12-10-17)26-21(28)16-30-19-7-5-4-6-8-19/h4-12H,13-16H2,1-3H3,(H,24,29)(H,25,27)(H,26,28). The zero-order chi connectivity index (χ0) is 22.7. The number of amides is 3. The van der Waals surface area contributed by atoms with E-state index in [2.05, 4.69) is 16.0 Å². The van der Waals surface area contributed by atoms with Crippen LogP contribution in [0.4, 0.5) is 10.5 Å². The van der Waals surface area contributed by atoms with Crippen molar-refractivity contribution in [3.63, 3.8) is 0 Å².